The molecule has 5 aromatic rings. The minimum atomic E-state index is -2.33. The quantitative estimate of drug-likeness (QED) is 0.0777. The molecule has 14 nitrogen and oxygen atoms in total. The summed E-state index contributed by atoms with van der Waals surface area (Å²) in [6, 6.07) is 21.8. The Morgan fingerprint density at radius 3 is 2.40 bits per heavy atom. The van der Waals surface area contributed by atoms with Crippen molar-refractivity contribution in [1.82, 2.24) is 20.9 Å². The number of hydrogen-bond donors (Lipinski definition) is 8. The lowest BCUT2D eigenvalue weighted by molar-refractivity contribution is -0.155. The number of aromatic hydroxyl groups is 1. The summed E-state index contributed by atoms with van der Waals surface area (Å²) < 4.78 is 26.4. The molecule has 0 spiro atoms. The van der Waals surface area contributed by atoms with E-state index in [-0.39, 0.29) is 71.2 Å². The molecule has 0 saturated heterocycles. The molecule has 2 unspecified atom stereocenters. The minimum Gasteiger partial charge on any atom is -0.506 e. The molecule has 0 aliphatic heterocycles. The van der Waals surface area contributed by atoms with E-state index in [0.717, 1.165) is 0 Å². The van der Waals surface area contributed by atoms with Gasteiger partial charge in [-0.2, -0.15) is 0 Å². The van der Waals surface area contributed by atoms with E-state index >= 15 is 4.39 Å². The van der Waals surface area contributed by atoms with Gasteiger partial charge in [0.2, 0.25) is 11.2 Å². The number of halogens is 1. The van der Waals surface area contributed by atoms with Gasteiger partial charge in [-0.25, -0.2) is 9.18 Å². The average Bonchev–Trinajstić information content (AvgIpc) is 3.16. The molecular weight excluding hydrogens is 715 g/mol. The number of phenolic OH excluding ortho intramolecular Hbond substituents is 1. The minimum absolute atomic E-state index is 0.0383. The highest BCUT2D eigenvalue weighted by Crippen LogP contribution is 2.33. The first-order valence-electron chi connectivity index (χ1n) is 17.3. The highest BCUT2D eigenvalue weighted by molar-refractivity contribution is 5.95. The molecule has 1 fully saturated rings. The van der Waals surface area contributed by atoms with E-state index in [2.05, 4.69) is 20.9 Å². The lowest BCUT2D eigenvalue weighted by Crippen LogP contribution is -2.54. The van der Waals surface area contributed by atoms with E-state index in [1.807, 2.05) is 0 Å². The van der Waals surface area contributed by atoms with Crippen LogP contribution in [0.5, 0.6) is 17.2 Å². The Labute approximate surface area is 313 Å². The predicted octanol–water partition coefficient (Wildman–Crippen LogP) is 2.98. The number of carbonyl (C=O) groups excluding carboxylic acids is 2. The van der Waals surface area contributed by atoms with Gasteiger partial charge in [0.05, 0.1) is 24.3 Å². The number of methoxy groups -OCH3 is 1. The molecule has 6 rings (SSSR count). The number of hydrogen-bond acceptors (Lipinski definition) is 10. The number of aliphatic hydroxyl groups is 2. The number of aliphatic carboxylic acids is 1. The molecular formula is C40H39FN4O10. The fraction of sp³-hybridized carbons (Fsp3) is 0.250. The number of phenols is 1. The molecule has 2 atom stereocenters. The van der Waals surface area contributed by atoms with Crippen LogP contribution in [0.25, 0.3) is 10.9 Å². The molecule has 55 heavy (non-hydrogen) atoms. The second kappa shape index (κ2) is 16.4. The van der Waals surface area contributed by atoms with Gasteiger partial charge in [0.15, 0.2) is 18.2 Å². The van der Waals surface area contributed by atoms with E-state index in [4.69, 9.17) is 9.47 Å². The Morgan fingerprint density at radius 2 is 1.67 bits per heavy atom. The Kier molecular flexibility index (Phi) is 11.4. The summed E-state index contributed by atoms with van der Waals surface area (Å²) >= 11 is 0. The number of amides is 2. The lowest BCUT2D eigenvalue weighted by atomic mass is 9.86. The van der Waals surface area contributed by atoms with E-state index < -0.39 is 40.9 Å². The Hall–Kier alpha value is -6.29. The van der Waals surface area contributed by atoms with Gasteiger partial charge in [-0.3, -0.25) is 14.4 Å². The van der Waals surface area contributed by atoms with Gasteiger partial charge in [-0.1, -0.05) is 54.6 Å². The van der Waals surface area contributed by atoms with Gasteiger partial charge in [0.1, 0.15) is 11.5 Å². The first-order chi connectivity index (χ1) is 26.4. The number of ether oxygens (including phenoxy) is 2. The summed E-state index contributed by atoms with van der Waals surface area (Å²) in [5, 5.41) is 51.0. The SMILES string of the molecule is COc1c(CNCC(O)c2ccc(O)c3[nH]c(=O)ccc23)ccc(C(=O)NC2CC(NC(=O)COc3cccc(C(O)(C(=O)O)c4ccccc4)c3)C2)c1F. The van der Waals surface area contributed by atoms with Crippen molar-refractivity contribution < 1.29 is 48.7 Å². The first-order valence-corrected chi connectivity index (χ1v) is 17.3. The summed E-state index contributed by atoms with van der Waals surface area (Å²) in [4.78, 5) is 52.0. The van der Waals surface area contributed by atoms with Crippen molar-refractivity contribution in [2.75, 3.05) is 20.3 Å². The third kappa shape index (κ3) is 8.28. The molecule has 0 radical (unpaired) electrons. The summed E-state index contributed by atoms with van der Waals surface area (Å²) in [6.45, 7) is -0.255. The molecule has 1 aromatic heterocycles. The van der Waals surface area contributed by atoms with E-state index in [1.165, 1.54) is 67.8 Å². The third-order valence-electron chi connectivity index (χ3n) is 9.51. The molecule has 4 aromatic carbocycles. The number of benzene rings is 4. The monoisotopic (exact) mass is 754 g/mol. The largest absolute Gasteiger partial charge is 0.506 e. The smallest absolute Gasteiger partial charge is 0.345 e. The van der Waals surface area contributed by atoms with Gasteiger partial charge < -0.3 is 50.8 Å². The van der Waals surface area contributed by atoms with Crippen molar-refractivity contribution in [3.8, 4) is 17.2 Å². The molecule has 1 heterocycles. The predicted molar refractivity (Wildman–Crippen MR) is 197 cm³/mol. The molecule has 2 amide bonds. The van der Waals surface area contributed by atoms with Crippen LogP contribution >= 0.6 is 0 Å². The summed E-state index contributed by atoms with van der Waals surface area (Å²) in [5.41, 5.74) is -1.67. The average molecular weight is 755 g/mol. The van der Waals surface area contributed by atoms with Crippen LogP contribution in [0.4, 0.5) is 4.39 Å². The van der Waals surface area contributed by atoms with Crippen molar-refractivity contribution in [3.63, 3.8) is 0 Å². The van der Waals surface area contributed by atoms with Gasteiger partial charge >= 0.3 is 5.97 Å². The van der Waals surface area contributed by atoms with Crippen molar-refractivity contribution in [2.24, 2.45) is 0 Å². The number of pyridine rings is 1. The number of aliphatic hydroxyl groups excluding tert-OH is 1. The fourth-order valence-electron chi connectivity index (χ4n) is 6.57. The van der Waals surface area contributed by atoms with Crippen LogP contribution in [0.1, 0.15) is 51.6 Å². The van der Waals surface area contributed by atoms with Crippen LogP contribution in [0.3, 0.4) is 0 Å². The number of aromatic amines is 1. The Morgan fingerprint density at radius 1 is 0.945 bits per heavy atom. The summed E-state index contributed by atoms with van der Waals surface area (Å²) in [5.74, 6) is -3.52. The van der Waals surface area contributed by atoms with Crippen molar-refractivity contribution >= 4 is 28.7 Å². The number of H-pyrrole nitrogens is 1. The maximum Gasteiger partial charge on any atom is 0.345 e. The zero-order valence-corrected chi connectivity index (χ0v) is 29.5. The molecule has 1 saturated carbocycles. The highest BCUT2D eigenvalue weighted by Gasteiger charge is 2.40. The highest BCUT2D eigenvalue weighted by atomic mass is 19.1. The molecule has 15 heteroatoms. The number of carboxylic acid groups (broad SMARTS) is 1. The molecule has 1 aliphatic carbocycles. The summed E-state index contributed by atoms with van der Waals surface area (Å²) in [7, 11) is 1.28. The number of carbonyl (C=O) groups is 3. The van der Waals surface area contributed by atoms with Crippen molar-refractivity contribution in [3.05, 3.63) is 135 Å². The number of rotatable bonds is 15. The number of carboxylic acids is 1. The maximum atomic E-state index is 15.5. The van der Waals surface area contributed by atoms with Crippen LogP contribution in [-0.2, 0) is 21.7 Å². The Bertz CT molecular complexity index is 2280. The molecule has 0 bridgehead atoms. The van der Waals surface area contributed by atoms with Crippen LogP contribution in [0.2, 0.25) is 0 Å². The van der Waals surface area contributed by atoms with Crippen molar-refractivity contribution in [2.45, 2.75) is 43.2 Å². The van der Waals surface area contributed by atoms with Crippen LogP contribution in [0.15, 0.2) is 95.8 Å². The van der Waals surface area contributed by atoms with Gasteiger partial charge in [-0.05, 0) is 54.3 Å². The van der Waals surface area contributed by atoms with Gasteiger partial charge in [0.25, 0.3) is 11.8 Å². The topological polar surface area (TPSA) is 220 Å². The standard InChI is InChI=1S/C40H39FN4O10/c1-54-37-22(19-42-20-32(47)28-12-14-31(46)36-29(28)13-15-33(48)45-36)10-11-30(35(37)41)38(50)44-26-17-25(18-26)43-34(49)21-55-27-9-5-8-24(16-27)40(53,39(51)52)23-6-3-2-4-7-23/h2-16,25-26,32,42,46-47,53H,17-21H2,1H3,(H,43,49)(H,44,50)(H,45,48)(H,51,52). The Balaban J connectivity index is 0.975. The molecule has 286 valence electrons. The van der Waals surface area contributed by atoms with Gasteiger partial charge in [0, 0.05) is 47.8 Å². The summed E-state index contributed by atoms with van der Waals surface area (Å²) in [6.07, 6.45) is -0.250. The molecule has 1 aliphatic rings. The first kappa shape index (κ1) is 38.4. The fourth-order valence-corrected chi connectivity index (χ4v) is 6.57. The van der Waals surface area contributed by atoms with Crippen LogP contribution in [0, 0.1) is 5.82 Å². The zero-order valence-electron chi connectivity index (χ0n) is 29.5. The normalized spacial score (nSPS) is 16.7. The van der Waals surface area contributed by atoms with Gasteiger partial charge in [-0.15, -0.1) is 0 Å². The van der Waals surface area contributed by atoms with E-state index in [9.17, 15) is 39.6 Å². The van der Waals surface area contributed by atoms with Crippen molar-refractivity contribution in [1.29, 1.82) is 0 Å². The van der Waals surface area contributed by atoms with E-state index in [0.29, 0.717) is 29.4 Å². The van der Waals surface area contributed by atoms with E-state index in [1.54, 1.807) is 30.3 Å². The maximum absolute atomic E-state index is 15.5. The second-order valence-corrected chi connectivity index (χ2v) is 13.2. The van der Waals surface area contributed by atoms with Crippen LogP contribution in [-0.4, -0.2) is 75.5 Å². The second-order valence-electron chi connectivity index (χ2n) is 13.2. The number of fused-ring (bicyclic) bond motifs is 1. The zero-order chi connectivity index (χ0) is 39.3. The lowest BCUT2D eigenvalue weighted by Gasteiger charge is -2.36. The van der Waals surface area contributed by atoms with Crippen LogP contribution < -0.4 is 31.0 Å². The number of aromatic nitrogens is 1. The molecule has 8 N–H and O–H groups in total. The third-order valence-corrected chi connectivity index (χ3v) is 9.51. The number of nitrogens with one attached hydrogen (secondary N) is 4.